The van der Waals surface area contributed by atoms with E-state index in [1.165, 1.54) is 19.2 Å². The van der Waals surface area contributed by atoms with Crippen molar-refractivity contribution in [2.24, 2.45) is 5.73 Å². The first-order chi connectivity index (χ1) is 9.90. The summed E-state index contributed by atoms with van der Waals surface area (Å²) in [6.45, 7) is 3.69. The van der Waals surface area contributed by atoms with E-state index < -0.39 is 10.5 Å². The van der Waals surface area contributed by atoms with Crippen molar-refractivity contribution in [3.05, 3.63) is 34.1 Å². The van der Waals surface area contributed by atoms with Crippen molar-refractivity contribution in [3.8, 4) is 17.2 Å². The van der Waals surface area contributed by atoms with Crippen LogP contribution in [0.2, 0.25) is 0 Å². The number of benzene rings is 1. The second-order valence-corrected chi connectivity index (χ2v) is 4.81. The molecule has 1 atom stereocenters. The van der Waals surface area contributed by atoms with Gasteiger partial charge in [0.25, 0.3) is 5.89 Å². The average Bonchev–Trinajstić information content (AvgIpc) is 2.96. The molecule has 0 aliphatic carbocycles. The number of nitro groups is 1. The van der Waals surface area contributed by atoms with Gasteiger partial charge in [-0.3, -0.25) is 10.1 Å². The number of rotatable bonds is 5. The summed E-state index contributed by atoms with van der Waals surface area (Å²) in [5, 5.41) is 14.9. The van der Waals surface area contributed by atoms with Gasteiger partial charge in [-0.25, -0.2) is 0 Å². The van der Waals surface area contributed by atoms with Gasteiger partial charge in [0, 0.05) is 6.07 Å². The van der Waals surface area contributed by atoms with Gasteiger partial charge in [-0.05, 0) is 19.4 Å². The van der Waals surface area contributed by atoms with Crippen molar-refractivity contribution < 1.29 is 14.2 Å². The van der Waals surface area contributed by atoms with E-state index in [1.54, 1.807) is 13.0 Å². The van der Waals surface area contributed by atoms with Gasteiger partial charge >= 0.3 is 5.69 Å². The highest BCUT2D eigenvalue weighted by molar-refractivity contribution is 5.69. The number of hydrogen-bond donors (Lipinski definition) is 1. The van der Waals surface area contributed by atoms with Crippen LogP contribution in [0.1, 0.15) is 26.1 Å². The van der Waals surface area contributed by atoms with Crippen molar-refractivity contribution in [2.45, 2.75) is 25.8 Å². The second-order valence-electron chi connectivity index (χ2n) is 4.81. The molecule has 8 heteroatoms. The topological polar surface area (TPSA) is 117 Å². The van der Waals surface area contributed by atoms with Crippen molar-refractivity contribution in [3.63, 3.8) is 0 Å². The Balaban J connectivity index is 2.53. The zero-order valence-corrected chi connectivity index (χ0v) is 12.0. The molecular weight excluding hydrogens is 276 g/mol. The molecule has 0 radical (unpaired) electrons. The summed E-state index contributed by atoms with van der Waals surface area (Å²) in [6.07, 6.45) is 0.623. The Bertz CT molecular complexity index is 666. The maximum absolute atomic E-state index is 11.0. The van der Waals surface area contributed by atoms with Crippen LogP contribution in [0.3, 0.4) is 0 Å². The highest BCUT2D eigenvalue weighted by atomic mass is 16.6. The lowest BCUT2D eigenvalue weighted by Crippen LogP contribution is -2.33. The third kappa shape index (κ3) is 2.70. The van der Waals surface area contributed by atoms with Gasteiger partial charge < -0.3 is 15.0 Å². The zero-order chi connectivity index (χ0) is 15.6. The van der Waals surface area contributed by atoms with Crippen molar-refractivity contribution in [1.82, 2.24) is 10.1 Å². The SMILES string of the molecule is CCC(C)(N)c1noc(-c2cccc([N+](=O)[O-])c2OC)n1. The molecule has 1 aromatic carbocycles. The minimum Gasteiger partial charge on any atom is -0.490 e. The highest BCUT2D eigenvalue weighted by Crippen LogP contribution is 2.37. The Kier molecular flexibility index (Phi) is 3.90. The van der Waals surface area contributed by atoms with E-state index in [-0.39, 0.29) is 17.3 Å². The van der Waals surface area contributed by atoms with E-state index in [0.29, 0.717) is 17.8 Å². The standard InChI is InChI=1S/C13H16N4O4/c1-4-13(2,14)12-15-11(21-16-12)8-6-5-7-9(17(18)19)10(8)20-3/h5-7H,4,14H2,1-3H3. The lowest BCUT2D eigenvalue weighted by Gasteiger charge is -2.16. The third-order valence-electron chi connectivity index (χ3n) is 3.30. The predicted octanol–water partition coefficient (Wildman–Crippen LogP) is 2.24. The Morgan fingerprint density at radius 1 is 1.52 bits per heavy atom. The predicted molar refractivity (Wildman–Crippen MR) is 74.8 cm³/mol. The maximum Gasteiger partial charge on any atom is 0.311 e. The molecule has 2 aromatic rings. The number of nitro benzene ring substituents is 1. The van der Waals surface area contributed by atoms with E-state index in [2.05, 4.69) is 10.1 Å². The second kappa shape index (κ2) is 5.49. The first kappa shape index (κ1) is 14.9. The molecule has 0 amide bonds. The van der Waals surface area contributed by atoms with Gasteiger partial charge in [-0.15, -0.1) is 0 Å². The summed E-state index contributed by atoms with van der Waals surface area (Å²) in [4.78, 5) is 14.7. The summed E-state index contributed by atoms with van der Waals surface area (Å²) in [5.74, 6) is 0.553. The Labute approximate surface area is 121 Å². The van der Waals surface area contributed by atoms with Gasteiger partial charge in [-0.1, -0.05) is 18.1 Å². The smallest absolute Gasteiger partial charge is 0.311 e. The van der Waals surface area contributed by atoms with Crippen LogP contribution in [0.5, 0.6) is 5.75 Å². The fraction of sp³-hybridized carbons (Fsp3) is 0.385. The molecule has 0 saturated heterocycles. The van der Waals surface area contributed by atoms with Crippen LogP contribution in [0.15, 0.2) is 22.7 Å². The van der Waals surface area contributed by atoms with E-state index in [1.807, 2.05) is 6.92 Å². The van der Waals surface area contributed by atoms with E-state index in [0.717, 1.165) is 0 Å². The molecule has 0 aliphatic rings. The molecule has 0 saturated carbocycles. The molecule has 1 aromatic heterocycles. The molecule has 112 valence electrons. The molecule has 1 unspecified atom stereocenters. The Hall–Kier alpha value is -2.48. The first-order valence-corrected chi connectivity index (χ1v) is 6.35. The van der Waals surface area contributed by atoms with Crippen LogP contribution < -0.4 is 10.5 Å². The number of nitrogens with two attached hydrogens (primary N) is 1. The van der Waals surface area contributed by atoms with E-state index in [9.17, 15) is 10.1 Å². The average molecular weight is 292 g/mol. The van der Waals surface area contributed by atoms with Gasteiger partial charge in [0.1, 0.15) is 0 Å². The monoisotopic (exact) mass is 292 g/mol. The van der Waals surface area contributed by atoms with Crippen molar-refractivity contribution in [2.75, 3.05) is 7.11 Å². The molecule has 2 rings (SSSR count). The largest absolute Gasteiger partial charge is 0.490 e. The van der Waals surface area contributed by atoms with Crippen LogP contribution in [-0.2, 0) is 5.54 Å². The molecule has 0 aliphatic heterocycles. The summed E-state index contributed by atoms with van der Waals surface area (Å²) >= 11 is 0. The molecule has 8 nitrogen and oxygen atoms in total. The lowest BCUT2D eigenvalue weighted by molar-refractivity contribution is -0.385. The molecule has 21 heavy (non-hydrogen) atoms. The molecular formula is C13H16N4O4. The summed E-state index contributed by atoms with van der Waals surface area (Å²) < 4.78 is 10.3. The molecule has 0 bridgehead atoms. The van der Waals surface area contributed by atoms with E-state index in [4.69, 9.17) is 15.0 Å². The Morgan fingerprint density at radius 3 is 2.81 bits per heavy atom. The third-order valence-corrected chi connectivity index (χ3v) is 3.30. The number of ether oxygens (including phenoxy) is 1. The number of aromatic nitrogens is 2. The fourth-order valence-corrected chi connectivity index (χ4v) is 1.77. The highest BCUT2D eigenvalue weighted by Gasteiger charge is 2.28. The van der Waals surface area contributed by atoms with Gasteiger partial charge in [0.15, 0.2) is 5.82 Å². The zero-order valence-electron chi connectivity index (χ0n) is 12.0. The molecule has 0 fully saturated rings. The van der Waals surface area contributed by atoms with Crippen LogP contribution >= 0.6 is 0 Å². The molecule has 2 N–H and O–H groups in total. The van der Waals surface area contributed by atoms with Crippen LogP contribution in [0.25, 0.3) is 11.5 Å². The summed E-state index contributed by atoms with van der Waals surface area (Å²) in [7, 11) is 1.35. The number of para-hydroxylation sites is 1. The Morgan fingerprint density at radius 2 is 2.24 bits per heavy atom. The van der Waals surface area contributed by atoms with E-state index >= 15 is 0 Å². The minimum atomic E-state index is -0.726. The number of hydrogen-bond acceptors (Lipinski definition) is 7. The van der Waals surface area contributed by atoms with Gasteiger partial charge in [0.2, 0.25) is 5.75 Å². The number of methoxy groups -OCH3 is 1. The molecule has 0 spiro atoms. The minimum absolute atomic E-state index is 0.0768. The van der Waals surface area contributed by atoms with Gasteiger partial charge in [-0.2, -0.15) is 4.98 Å². The quantitative estimate of drug-likeness (QED) is 0.663. The van der Waals surface area contributed by atoms with Crippen molar-refractivity contribution in [1.29, 1.82) is 0 Å². The van der Waals surface area contributed by atoms with Crippen LogP contribution in [-0.4, -0.2) is 22.2 Å². The number of nitrogens with zero attached hydrogens (tertiary/aromatic N) is 3. The molecule has 1 heterocycles. The lowest BCUT2D eigenvalue weighted by atomic mass is 10.00. The maximum atomic E-state index is 11.0. The summed E-state index contributed by atoms with van der Waals surface area (Å²) in [6, 6.07) is 4.49. The van der Waals surface area contributed by atoms with Crippen LogP contribution in [0, 0.1) is 10.1 Å². The van der Waals surface area contributed by atoms with Crippen molar-refractivity contribution >= 4 is 5.69 Å². The van der Waals surface area contributed by atoms with Gasteiger partial charge in [0.05, 0.1) is 23.1 Å². The normalized spacial score (nSPS) is 13.7. The summed E-state index contributed by atoms with van der Waals surface area (Å²) in [5.41, 5.74) is 5.52. The first-order valence-electron chi connectivity index (χ1n) is 6.35. The fourth-order valence-electron chi connectivity index (χ4n) is 1.77. The van der Waals surface area contributed by atoms with Crippen LogP contribution in [0.4, 0.5) is 5.69 Å².